The largest absolute Gasteiger partial charge is 0.342 e. The van der Waals surface area contributed by atoms with E-state index < -0.39 is 0 Å². The molecule has 0 spiro atoms. The Kier molecular flexibility index (Phi) is 1.87. The van der Waals surface area contributed by atoms with Gasteiger partial charge in [-0.05, 0) is 12.1 Å². The minimum absolute atomic E-state index is 0.601. The van der Waals surface area contributed by atoms with Gasteiger partial charge in [0.25, 0.3) is 0 Å². The minimum atomic E-state index is 0.601. The molecule has 0 aliphatic rings. The first kappa shape index (κ1) is 7.43. The van der Waals surface area contributed by atoms with Crippen LogP contribution in [-0.2, 0) is 6.42 Å². The highest BCUT2D eigenvalue weighted by molar-refractivity contribution is 7.78. The van der Waals surface area contributed by atoms with Gasteiger partial charge in [0.15, 0.2) is 0 Å². The van der Waals surface area contributed by atoms with Crippen molar-refractivity contribution in [2.45, 2.75) is 6.42 Å². The first-order valence-corrected chi connectivity index (χ1v) is 4.09. The lowest BCUT2D eigenvalue weighted by Crippen LogP contribution is -1.85. The second-order valence-electron chi connectivity index (χ2n) is 2.52. The molecular formula is C9H7N2S. The van der Waals surface area contributed by atoms with Crippen LogP contribution in [0.4, 0.5) is 0 Å². The van der Waals surface area contributed by atoms with Gasteiger partial charge in [-0.25, -0.2) is 4.98 Å². The molecule has 0 amide bonds. The highest BCUT2D eigenvalue weighted by Crippen LogP contribution is 2.09. The number of imidazole rings is 1. The second kappa shape index (κ2) is 3.03. The highest BCUT2D eigenvalue weighted by Gasteiger charge is 1.98. The number of benzene rings is 1. The third-order valence-electron chi connectivity index (χ3n) is 1.68. The molecule has 2 rings (SSSR count). The van der Waals surface area contributed by atoms with Crippen LogP contribution in [0.3, 0.4) is 0 Å². The Morgan fingerprint density at radius 2 is 2.25 bits per heavy atom. The van der Waals surface area contributed by atoms with Crippen LogP contribution in [0.2, 0.25) is 0 Å². The summed E-state index contributed by atoms with van der Waals surface area (Å²) in [4.78, 5) is 7.47. The molecule has 0 aliphatic heterocycles. The summed E-state index contributed by atoms with van der Waals surface area (Å²) in [5.74, 6) is 0.881. The smallest absolute Gasteiger partial charge is 0.112 e. The van der Waals surface area contributed by atoms with Gasteiger partial charge in [0.1, 0.15) is 5.82 Å². The van der Waals surface area contributed by atoms with Crippen LogP contribution in [0, 0.1) is 0 Å². The third kappa shape index (κ3) is 1.23. The average Bonchev–Trinajstić information content (AvgIpc) is 2.47. The molecule has 0 unspecified atom stereocenters. The van der Waals surface area contributed by atoms with Crippen molar-refractivity contribution < 1.29 is 0 Å². The zero-order valence-electron chi connectivity index (χ0n) is 6.37. The normalized spacial score (nSPS) is 10.3. The molecular weight excluding hydrogens is 168 g/mol. The van der Waals surface area contributed by atoms with E-state index in [9.17, 15) is 0 Å². The maximum Gasteiger partial charge on any atom is 0.112 e. The summed E-state index contributed by atoms with van der Waals surface area (Å²) in [5.41, 5.74) is 2.04. The van der Waals surface area contributed by atoms with E-state index in [1.165, 1.54) is 0 Å². The van der Waals surface area contributed by atoms with E-state index in [4.69, 9.17) is 0 Å². The van der Waals surface area contributed by atoms with Gasteiger partial charge in [-0.1, -0.05) is 24.4 Å². The number of aromatic nitrogens is 2. The number of nitrogens with one attached hydrogen (secondary N) is 1. The lowest BCUT2D eigenvalue weighted by Gasteiger charge is -1.82. The zero-order valence-corrected chi connectivity index (χ0v) is 7.19. The van der Waals surface area contributed by atoms with Crippen molar-refractivity contribution in [3.63, 3.8) is 0 Å². The van der Waals surface area contributed by atoms with Gasteiger partial charge in [0.2, 0.25) is 0 Å². The van der Waals surface area contributed by atoms with E-state index in [0.29, 0.717) is 6.42 Å². The number of H-pyrrole nitrogens is 1. The molecule has 2 aromatic rings. The molecule has 0 saturated carbocycles. The number of fused-ring (bicyclic) bond motifs is 1. The van der Waals surface area contributed by atoms with Crippen molar-refractivity contribution in [2.75, 3.05) is 0 Å². The van der Waals surface area contributed by atoms with Crippen LogP contribution in [0.15, 0.2) is 24.3 Å². The lowest BCUT2D eigenvalue weighted by atomic mass is 10.3. The van der Waals surface area contributed by atoms with E-state index in [2.05, 4.69) is 27.6 Å². The van der Waals surface area contributed by atoms with Gasteiger partial charge in [-0.3, -0.25) is 0 Å². The predicted octanol–water partition coefficient (Wildman–Crippen LogP) is 1.98. The van der Waals surface area contributed by atoms with Crippen molar-refractivity contribution in [1.82, 2.24) is 9.97 Å². The molecule has 12 heavy (non-hydrogen) atoms. The molecule has 0 saturated heterocycles. The summed E-state index contributed by atoms with van der Waals surface area (Å²) in [6, 6.07) is 7.91. The summed E-state index contributed by atoms with van der Waals surface area (Å²) in [7, 11) is 0. The van der Waals surface area contributed by atoms with Gasteiger partial charge in [-0.15, -0.1) is 0 Å². The van der Waals surface area contributed by atoms with Gasteiger partial charge < -0.3 is 4.98 Å². The SMILES string of the molecule is S=[C]Cc1nc2ccccc2[nH]1. The van der Waals surface area contributed by atoms with Crippen molar-refractivity contribution in [2.24, 2.45) is 0 Å². The topological polar surface area (TPSA) is 28.7 Å². The highest BCUT2D eigenvalue weighted by atomic mass is 32.1. The van der Waals surface area contributed by atoms with Crippen molar-refractivity contribution >= 4 is 28.6 Å². The number of hydrogen-bond acceptors (Lipinski definition) is 2. The Morgan fingerprint density at radius 1 is 1.42 bits per heavy atom. The minimum Gasteiger partial charge on any atom is -0.342 e. The van der Waals surface area contributed by atoms with Crippen LogP contribution in [0.1, 0.15) is 5.82 Å². The van der Waals surface area contributed by atoms with E-state index in [1.54, 1.807) is 0 Å². The first-order chi connectivity index (χ1) is 5.90. The average molecular weight is 175 g/mol. The van der Waals surface area contributed by atoms with Gasteiger partial charge in [-0.2, -0.15) is 0 Å². The quantitative estimate of drug-likeness (QED) is 0.707. The molecule has 2 nitrogen and oxygen atoms in total. The maximum absolute atomic E-state index is 4.63. The second-order valence-corrected chi connectivity index (χ2v) is 2.81. The molecule has 3 heteroatoms. The van der Waals surface area contributed by atoms with E-state index >= 15 is 0 Å². The predicted molar refractivity (Wildman–Crippen MR) is 52.4 cm³/mol. The molecule has 0 aliphatic carbocycles. The van der Waals surface area contributed by atoms with Crippen LogP contribution >= 0.6 is 12.2 Å². The van der Waals surface area contributed by atoms with Gasteiger partial charge >= 0.3 is 0 Å². The standard InChI is InChI=1S/C9H7N2S/c12-6-5-9-10-7-3-1-2-4-8(7)11-9/h1-4H,5H2,(H,10,11). The molecule has 1 aromatic heterocycles. The van der Waals surface area contributed by atoms with E-state index in [-0.39, 0.29) is 0 Å². The fourth-order valence-corrected chi connectivity index (χ4v) is 1.29. The number of para-hydroxylation sites is 2. The molecule has 1 aromatic carbocycles. The summed E-state index contributed by atoms with van der Waals surface area (Å²) >= 11 is 4.63. The van der Waals surface area contributed by atoms with Crippen LogP contribution in [0.5, 0.6) is 0 Å². The van der Waals surface area contributed by atoms with Crippen LogP contribution in [0.25, 0.3) is 11.0 Å². The molecule has 59 valence electrons. The Bertz CT molecular complexity index is 373. The fraction of sp³-hybridized carbons (Fsp3) is 0.111. The number of aromatic amines is 1. The first-order valence-electron chi connectivity index (χ1n) is 3.69. The zero-order chi connectivity index (χ0) is 8.39. The van der Waals surface area contributed by atoms with E-state index in [0.717, 1.165) is 16.9 Å². The third-order valence-corrected chi connectivity index (χ3v) is 1.82. The summed E-state index contributed by atoms with van der Waals surface area (Å²) < 4.78 is 0. The van der Waals surface area contributed by atoms with E-state index in [1.807, 2.05) is 24.3 Å². The van der Waals surface area contributed by atoms with Gasteiger partial charge in [0, 0.05) is 11.8 Å². The van der Waals surface area contributed by atoms with Crippen molar-refractivity contribution in [1.29, 1.82) is 0 Å². The maximum atomic E-state index is 4.63. The molecule has 1 N–H and O–H groups in total. The molecule has 0 fully saturated rings. The lowest BCUT2D eigenvalue weighted by molar-refractivity contribution is 1.12. The Hall–Kier alpha value is -1.22. The fourth-order valence-electron chi connectivity index (χ4n) is 1.16. The summed E-state index contributed by atoms with van der Waals surface area (Å²) in [6.07, 6.45) is 0.601. The molecule has 1 radical (unpaired) electrons. The van der Waals surface area contributed by atoms with Crippen LogP contribution < -0.4 is 0 Å². The Labute approximate surface area is 75.6 Å². The number of rotatable bonds is 2. The van der Waals surface area contributed by atoms with Crippen molar-refractivity contribution in [3.8, 4) is 0 Å². The molecule has 0 bridgehead atoms. The molecule has 1 heterocycles. The summed E-state index contributed by atoms with van der Waals surface area (Å²) in [5, 5.41) is 2.63. The number of thiocarbonyl (C=S) groups is 1. The monoisotopic (exact) mass is 175 g/mol. The van der Waals surface area contributed by atoms with Crippen LogP contribution in [-0.4, -0.2) is 15.3 Å². The van der Waals surface area contributed by atoms with Gasteiger partial charge in [0.05, 0.1) is 11.0 Å². The Morgan fingerprint density at radius 3 is 3.00 bits per heavy atom. The molecule has 0 atom stereocenters. The number of hydrogen-bond donors (Lipinski definition) is 1. The number of nitrogens with zero attached hydrogens (tertiary/aromatic N) is 1. The van der Waals surface area contributed by atoms with Crippen molar-refractivity contribution in [3.05, 3.63) is 30.1 Å². The summed E-state index contributed by atoms with van der Waals surface area (Å²) in [6.45, 7) is 0. The Balaban J connectivity index is 2.54.